The molecule has 0 saturated carbocycles. The Morgan fingerprint density at radius 2 is 1.30 bits per heavy atom. The molecule has 2 nitrogen and oxygen atoms in total. The monoisotopic (exact) mass is 303 g/mol. The van der Waals surface area contributed by atoms with Crippen LogP contribution in [0.4, 0.5) is 0 Å². The first-order chi connectivity index (χ1) is 11.3. The molecule has 3 rings (SSSR count). The summed E-state index contributed by atoms with van der Waals surface area (Å²) in [5.41, 5.74) is 3.44. The van der Waals surface area contributed by atoms with Gasteiger partial charge in [0.15, 0.2) is 0 Å². The number of pyridine rings is 1. The van der Waals surface area contributed by atoms with Crippen molar-refractivity contribution in [3.63, 3.8) is 0 Å². The fraction of sp³-hybridized carbons (Fsp3) is 0.190. The molecule has 0 aliphatic rings. The van der Waals surface area contributed by atoms with Crippen molar-refractivity contribution in [3.8, 4) is 0 Å². The van der Waals surface area contributed by atoms with Gasteiger partial charge in [0.1, 0.15) is 0 Å². The molecule has 0 amide bonds. The lowest BCUT2D eigenvalue weighted by molar-refractivity contribution is 0.163. The van der Waals surface area contributed by atoms with Crippen molar-refractivity contribution in [2.24, 2.45) is 0 Å². The van der Waals surface area contributed by atoms with Gasteiger partial charge in [-0.05, 0) is 35.6 Å². The molecular formula is C21H21NO. The predicted molar refractivity (Wildman–Crippen MR) is 93.2 cm³/mol. The molecule has 2 heteroatoms. The van der Waals surface area contributed by atoms with Crippen molar-refractivity contribution in [2.75, 3.05) is 0 Å². The molecule has 0 aliphatic carbocycles. The van der Waals surface area contributed by atoms with Gasteiger partial charge in [-0.2, -0.15) is 0 Å². The molecule has 0 radical (unpaired) electrons. The second kappa shape index (κ2) is 7.70. The maximum atomic E-state index is 10.4. The van der Waals surface area contributed by atoms with Gasteiger partial charge >= 0.3 is 0 Å². The Morgan fingerprint density at radius 3 is 1.91 bits per heavy atom. The van der Waals surface area contributed by atoms with Crippen molar-refractivity contribution in [2.45, 2.75) is 24.9 Å². The van der Waals surface area contributed by atoms with Crippen LogP contribution in [0.2, 0.25) is 0 Å². The first kappa shape index (κ1) is 15.4. The standard InChI is InChI=1S/C21H21NO/c23-21(18-10-5-2-6-11-18)14-13-20(17-8-3-1-4-9-17)19-12-7-15-22-16-19/h1-12,15-16,20-21,23H,13-14H2. The normalized spacial score (nSPS) is 13.4. The second-order valence-electron chi connectivity index (χ2n) is 5.75. The van der Waals surface area contributed by atoms with Gasteiger partial charge in [0.25, 0.3) is 0 Å². The quantitative estimate of drug-likeness (QED) is 0.714. The fourth-order valence-corrected chi connectivity index (χ4v) is 2.96. The molecule has 1 heterocycles. The van der Waals surface area contributed by atoms with Crippen LogP contribution in [-0.2, 0) is 0 Å². The largest absolute Gasteiger partial charge is 0.388 e. The summed E-state index contributed by atoms with van der Waals surface area (Å²) in [6, 6.07) is 24.4. The minimum atomic E-state index is -0.431. The van der Waals surface area contributed by atoms with Gasteiger partial charge in [-0.3, -0.25) is 4.98 Å². The van der Waals surface area contributed by atoms with E-state index in [1.54, 1.807) is 6.20 Å². The number of nitrogens with zero attached hydrogens (tertiary/aromatic N) is 1. The highest BCUT2D eigenvalue weighted by Crippen LogP contribution is 2.31. The van der Waals surface area contributed by atoms with E-state index in [1.165, 1.54) is 11.1 Å². The zero-order valence-corrected chi connectivity index (χ0v) is 13.0. The molecule has 0 aliphatic heterocycles. The molecule has 0 fully saturated rings. The van der Waals surface area contributed by atoms with Gasteiger partial charge in [-0.1, -0.05) is 66.7 Å². The molecule has 2 aromatic carbocycles. The predicted octanol–water partition coefficient (Wildman–Crippen LogP) is 4.73. The number of benzene rings is 2. The Morgan fingerprint density at radius 1 is 0.696 bits per heavy atom. The van der Waals surface area contributed by atoms with Crippen LogP contribution < -0.4 is 0 Å². The van der Waals surface area contributed by atoms with Gasteiger partial charge in [0, 0.05) is 18.3 Å². The number of rotatable bonds is 6. The molecule has 1 aromatic heterocycles. The van der Waals surface area contributed by atoms with Crippen LogP contribution in [0.1, 0.15) is 41.6 Å². The molecule has 2 unspecified atom stereocenters. The Balaban J connectivity index is 1.77. The average Bonchev–Trinajstić information content (AvgIpc) is 2.64. The summed E-state index contributed by atoms with van der Waals surface area (Å²) in [4.78, 5) is 4.25. The zero-order chi connectivity index (χ0) is 15.9. The lowest BCUT2D eigenvalue weighted by atomic mass is 9.87. The van der Waals surface area contributed by atoms with E-state index in [4.69, 9.17) is 0 Å². The minimum absolute atomic E-state index is 0.253. The van der Waals surface area contributed by atoms with Gasteiger partial charge < -0.3 is 5.11 Å². The smallest absolute Gasteiger partial charge is 0.0790 e. The van der Waals surface area contributed by atoms with Crippen LogP contribution in [0.15, 0.2) is 85.2 Å². The lowest BCUT2D eigenvalue weighted by Crippen LogP contribution is -2.05. The maximum Gasteiger partial charge on any atom is 0.0790 e. The number of hydrogen-bond acceptors (Lipinski definition) is 2. The molecular weight excluding hydrogens is 282 g/mol. The van der Waals surface area contributed by atoms with Crippen molar-refractivity contribution < 1.29 is 5.11 Å². The summed E-state index contributed by atoms with van der Waals surface area (Å²) in [6.07, 6.45) is 4.89. The fourth-order valence-electron chi connectivity index (χ4n) is 2.96. The first-order valence-electron chi connectivity index (χ1n) is 8.02. The van der Waals surface area contributed by atoms with Crippen LogP contribution in [0.25, 0.3) is 0 Å². The van der Waals surface area contributed by atoms with E-state index in [2.05, 4.69) is 35.3 Å². The van der Waals surface area contributed by atoms with Crippen LogP contribution >= 0.6 is 0 Å². The van der Waals surface area contributed by atoms with Gasteiger partial charge in [0.2, 0.25) is 0 Å². The van der Waals surface area contributed by atoms with E-state index in [0.29, 0.717) is 0 Å². The first-order valence-corrected chi connectivity index (χ1v) is 8.02. The van der Waals surface area contributed by atoms with Crippen LogP contribution in [0.3, 0.4) is 0 Å². The third-order valence-electron chi connectivity index (χ3n) is 4.20. The number of aliphatic hydroxyl groups is 1. The van der Waals surface area contributed by atoms with Crippen LogP contribution in [0.5, 0.6) is 0 Å². The maximum absolute atomic E-state index is 10.4. The molecule has 0 saturated heterocycles. The van der Waals surface area contributed by atoms with E-state index in [0.717, 1.165) is 18.4 Å². The zero-order valence-electron chi connectivity index (χ0n) is 13.0. The molecule has 2 atom stereocenters. The second-order valence-corrected chi connectivity index (χ2v) is 5.75. The Kier molecular flexibility index (Phi) is 5.17. The van der Waals surface area contributed by atoms with E-state index in [-0.39, 0.29) is 5.92 Å². The summed E-state index contributed by atoms with van der Waals surface area (Å²) in [6.45, 7) is 0. The van der Waals surface area contributed by atoms with Crippen molar-refractivity contribution in [1.82, 2.24) is 4.98 Å². The lowest BCUT2D eigenvalue weighted by Gasteiger charge is -2.20. The SMILES string of the molecule is OC(CCC(c1ccccc1)c1cccnc1)c1ccccc1. The van der Waals surface area contributed by atoms with E-state index in [1.807, 2.05) is 48.7 Å². The van der Waals surface area contributed by atoms with Gasteiger partial charge in [-0.15, -0.1) is 0 Å². The molecule has 23 heavy (non-hydrogen) atoms. The van der Waals surface area contributed by atoms with Gasteiger partial charge in [0.05, 0.1) is 6.10 Å². The molecule has 1 N–H and O–H groups in total. The van der Waals surface area contributed by atoms with Crippen molar-refractivity contribution in [3.05, 3.63) is 102 Å². The number of hydrogen-bond donors (Lipinski definition) is 1. The van der Waals surface area contributed by atoms with Crippen LogP contribution in [-0.4, -0.2) is 10.1 Å². The Bertz CT molecular complexity index is 658. The van der Waals surface area contributed by atoms with E-state index >= 15 is 0 Å². The molecule has 3 aromatic rings. The third-order valence-corrected chi connectivity index (χ3v) is 4.20. The van der Waals surface area contributed by atoms with Crippen molar-refractivity contribution >= 4 is 0 Å². The van der Waals surface area contributed by atoms with Gasteiger partial charge in [-0.25, -0.2) is 0 Å². The third kappa shape index (κ3) is 4.05. The van der Waals surface area contributed by atoms with Crippen molar-refractivity contribution in [1.29, 1.82) is 0 Å². The molecule has 0 spiro atoms. The van der Waals surface area contributed by atoms with E-state index < -0.39 is 6.10 Å². The van der Waals surface area contributed by atoms with Crippen LogP contribution in [0, 0.1) is 0 Å². The highest BCUT2D eigenvalue weighted by Gasteiger charge is 2.17. The highest BCUT2D eigenvalue weighted by molar-refractivity contribution is 5.30. The Hall–Kier alpha value is -2.45. The molecule has 116 valence electrons. The summed E-state index contributed by atoms with van der Waals surface area (Å²) >= 11 is 0. The Labute approximate surface area is 137 Å². The summed E-state index contributed by atoms with van der Waals surface area (Å²) in [5, 5.41) is 10.4. The topological polar surface area (TPSA) is 33.1 Å². The summed E-state index contributed by atoms with van der Waals surface area (Å²) in [7, 11) is 0. The summed E-state index contributed by atoms with van der Waals surface area (Å²) < 4.78 is 0. The highest BCUT2D eigenvalue weighted by atomic mass is 16.3. The number of aliphatic hydroxyl groups excluding tert-OH is 1. The molecule has 0 bridgehead atoms. The summed E-state index contributed by atoms with van der Waals surface area (Å²) in [5.74, 6) is 0.253. The minimum Gasteiger partial charge on any atom is -0.388 e. The van der Waals surface area contributed by atoms with E-state index in [9.17, 15) is 5.11 Å². The average molecular weight is 303 g/mol. The number of aromatic nitrogens is 1.